The van der Waals surface area contributed by atoms with Gasteiger partial charge in [0, 0.05) is 66.3 Å². The molecule has 0 radical (unpaired) electrons. The molecule has 0 fully saturated rings. The molecule has 0 aliphatic carbocycles. The van der Waals surface area contributed by atoms with E-state index in [4.69, 9.17) is 0 Å². The summed E-state index contributed by atoms with van der Waals surface area (Å²) in [7, 11) is 0. The van der Waals surface area contributed by atoms with E-state index in [1.165, 1.54) is 98.9 Å². The molecule has 59 heavy (non-hydrogen) atoms. The van der Waals surface area contributed by atoms with Crippen molar-refractivity contribution in [2.45, 2.75) is 0 Å². The van der Waals surface area contributed by atoms with Gasteiger partial charge in [0.05, 0.1) is 33.3 Å². The van der Waals surface area contributed by atoms with E-state index in [1.54, 1.807) is 0 Å². The van der Waals surface area contributed by atoms with Crippen LogP contribution in [0.15, 0.2) is 200 Å². The second kappa shape index (κ2) is 11.4. The van der Waals surface area contributed by atoms with Gasteiger partial charge in [0.15, 0.2) is 0 Å². The fourth-order valence-corrected chi connectivity index (χ4v) is 11.0. The quantitative estimate of drug-likeness (QED) is 0.164. The predicted octanol–water partition coefficient (Wildman–Crippen LogP) is 11.6. The van der Waals surface area contributed by atoms with Gasteiger partial charge in [-0.15, -0.1) is 0 Å². The first-order valence-electron chi connectivity index (χ1n) is 20.5. The van der Waals surface area contributed by atoms with Crippen LogP contribution in [-0.4, -0.2) is 20.4 Å². The topological polar surface area (TPSA) is 18.0 Å². The number of benzene rings is 9. The van der Waals surface area contributed by atoms with Crippen molar-refractivity contribution in [3.05, 3.63) is 200 Å². The minimum Gasteiger partial charge on any atom is -0.310 e. The number of aromatic nitrogens is 3. The summed E-state index contributed by atoms with van der Waals surface area (Å²) in [5.74, 6) is 0. The summed E-state index contributed by atoms with van der Waals surface area (Å²) in [6.07, 6.45) is 0. The van der Waals surface area contributed by atoms with Crippen LogP contribution >= 0.6 is 0 Å². The van der Waals surface area contributed by atoms with E-state index in [0.717, 1.165) is 17.1 Å². The van der Waals surface area contributed by atoms with Crippen LogP contribution in [0.25, 0.3) is 82.5 Å². The Kier molecular flexibility index (Phi) is 6.07. The predicted molar refractivity (Wildman–Crippen MR) is 249 cm³/mol. The minimum absolute atomic E-state index is 0.0190. The van der Waals surface area contributed by atoms with Gasteiger partial charge in [-0.25, -0.2) is 0 Å². The van der Waals surface area contributed by atoms with Crippen molar-refractivity contribution in [3.63, 3.8) is 0 Å². The van der Waals surface area contributed by atoms with Gasteiger partial charge >= 0.3 is 0 Å². The smallest absolute Gasteiger partial charge is 0.253 e. The average molecular weight is 749 g/mol. The Bertz CT molecular complexity index is 3690. The summed E-state index contributed by atoms with van der Waals surface area (Å²) in [4.78, 5) is 2.42. The molecule has 9 aromatic carbocycles. The highest BCUT2D eigenvalue weighted by molar-refractivity contribution is 7.02. The first kappa shape index (κ1) is 31.3. The summed E-state index contributed by atoms with van der Waals surface area (Å²) in [6, 6.07) is 74.0. The molecule has 5 heteroatoms. The highest BCUT2D eigenvalue weighted by Crippen LogP contribution is 2.45. The first-order chi connectivity index (χ1) is 29.3. The van der Waals surface area contributed by atoms with Crippen molar-refractivity contribution < 1.29 is 0 Å². The fourth-order valence-electron chi connectivity index (χ4n) is 11.0. The lowest BCUT2D eigenvalue weighted by molar-refractivity contribution is 1.13. The Balaban J connectivity index is 1.23. The second-order valence-corrected chi connectivity index (χ2v) is 16.1. The summed E-state index contributed by atoms with van der Waals surface area (Å²) in [5, 5.41) is 7.71. The number of rotatable bonds is 4. The van der Waals surface area contributed by atoms with Crippen molar-refractivity contribution in [1.29, 1.82) is 0 Å². The molecule has 14 rings (SSSR count). The number of hydrogen-bond acceptors (Lipinski definition) is 1. The Morgan fingerprint density at radius 1 is 0.339 bits per heavy atom. The molecule has 5 heterocycles. The number of nitrogens with zero attached hydrogens (tertiary/aromatic N) is 4. The maximum absolute atomic E-state index is 2.61. The fraction of sp³-hybridized carbons (Fsp3) is 0. The van der Waals surface area contributed by atoms with Crippen molar-refractivity contribution in [2.24, 2.45) is 0 Å². The normalized spacial score (nSPS) is 12.7. The molecule has 0 spiro atoms. The summed E-state index contributed by atoms with van der Waals surface area (Å²) < 4.78 is 7.68. The average Bonchev–Trinajstić information content (AvgIpc) is 3.94. The van der Waals surface area contributed by atoms with Crippen LogP contribution in [0.2, 0.25) is 0 Å². The molecule has 0 bridgehead atoms. The van der Waals surface area contributed by atoms with Crippen molar-refractivity contribution >= 4 is 106 Å². The largest absolute Gasteiger partial charge is 0.310 e. The van der Waals surface area contributed by atoms with Crippen LogP contribution < -0.4 is 21.3 Å². The standard InChI is InChI=1S/C54H33BN4/c1-4-17-34(18-5-1)56(35-19-6-2-7-20-35)37-31-48-51-49(32-37)59-45-29-14-11-24-39(45)42-33-47-50(41-25-12-15-30-46(41)57(47)36-21-8-3-9-22-36)52(54(42)59)55(51)43-27-16-26-40-38-23-10-13-28-44(38)58(48)53(40)43/h1-33H. The van der Waals surface area contributed by atoms with Crippen molar-refractivity contribution in [2.75, 3.05) is 4.90 Å². The maximum Gasteiger partial charge on any atom is 0.253 e. The van der Waals surface area contributed by atoms with Gasteiger partial charge < -0.3 is 18.6 Å². The van der Waals surface area contributed by atoms with E-state index in [0.29, 0.717) is 0 Å². The van der Waals surface area contributed by atoms with E-state index in [9.17, 15) is 0 Å². The summed E-state index contributed by atoms with van der Waals surface area (Å²) in [6.45, 7) is -0.0190. The van der Waals surface area contributed by atoms with Gasteiger partial charge in [-0.1, -0.05) is 127 Å². The number of fused-ring (bicyclic) bond motifs is 14. The molecule has 0 amide bonds. The lowest BCUT2D eigenvalue weighted by atomic mass is 9.33. The van der Waals surface area contributed by atoms with Crippen LogP contribution in [0.3, 0.4) is 0 Å². The molecule has 0 atom stereocenters. The molecule has 4 nitrogen and oxygen atoms in total. The molecule has 0 unspecified atom stereocenters. The van der Waals surface area contributed by atoms with E-state index in [1.807, 2.05) is 0 Å². The number of para-hydroxylation sites is 7. The monoisotopic (exact) mass is 748 g/mol. The van der Waals surface area contributed by atoms with Gasteiger partial charge in [-0.2, -0.15) is 0 Å². The molecule has 2 aliphatic rings. The van der Waals surface area contributed by atoms with Gasteiger partial charge in [-0.05, 0) is 89.2 Å². The molecule has 0 saturated carbocycles. The second-order valence-electron chi connectivity index (χ2n) is 16.1. The van der Waals surface area contributed by atoms with Gasteiger partial charge in [-0.3, -0.25) is 0 Å². The zero-order valence-corrected chi connectivity index (χ0v) is 31.9. The summed E-state index contributed by atoms with van der Waals surface area (Å²) in [5.41, 5.74) is 18.6. The molecule has 2 aliphatic heterocycles. The molecular formula is C54H33BN4. The van der Waals surface area contributed by atoms with Crippen LogP contribution in [0, 0.1) is 0 Å². The van der Waals surface area contributed by atoms with E-state index in [2.05, 4.69) is 219 Å². The van der Waals surface area contributed by atoms with Crippen LogP contribution in [0.5, 0.6) is 0 Å². The van der Waals surface area contributed by atoms with Gasteiger partial charge in [0.1, 0.15) is 0 Å². The lowest BCUT2D eigenvalue weighted by Gasteiger charge is -2.36. The molecule has 272 valence electrons. The Labute approximate surface area is 340 Å². The Morgan fingerprint density at radius 2 is 0.847 bits per heavy atom. The highest BCUT2D eigenvalue weighted by atomic mass is 15.2. The SMILES string of the molecule is c1ccc(N(c2ccccc2)c2cc3c4c(c2)-n2c5ccccc5c5cc6c(c(c52)B4c2cccc4c5ccccc5n-3c24)c2ccccc2n6-c2ccccc2)cc1. The molecule has 12 aromatic rings. The summed E-state index contributed by atoms with van der Waals surface area (Å²) >= 11 is 0. The maximum atomic E-state index is 2.61. The molecule has 0 N–H and O–H groups in total. The first-order valence-corrected chi connectivity index (χ1v) is 20.5. The zero-order chi connectivity index (χ0) is 38.3. The van der Waals surface area contributed by atoms with Gasteiger partial charge in [0.2, 0.25) is 0 Å². The molecule has 3 aromatic heterocycles. The Hall–Kier alpha value is -7.76. The molecule has 0 saturated heterocycles. The minimum atomic E-state index is -0.0190. The third kappa shape index (κ3) is 3.99. The van der Waals surface area contributed by atoms with Crippen LogP contribution in [-0.2, 0) is 0 Å². The Morgan fingerprint density at radius 3 is 1.49 bits per heavy atom. The number of hydrogen-bond donors (Lipinski definition) is 0. The zero-order valence-electron chi connectivity index (χ0n) is 31.9. The number of anilines is 3. The lowest BCUT2D eigenvalue weighted by Crippen LogP contribution is -2.59. The third-order valence-electron chi connectivity index (χ3n) is 13.1. The van der Waals surface area contributed by atoms with Gasteiger partial charge in [0.25, 0.3) is 6.71 Å². The van der Waals surface area contributed by atoms with Crippen LogP contribution in [0.4, 0.5) is 17.1 Å². The van der Waals surface area contributed by atoms with Crippen LogP contribution in [0.1, 0.15) is 0 Å². The van der Waals surface area contributed by atoms with E-state index < -0.39 is 0 Å². The van der Waals surface area contributed by atoms with Crippen molar-refractivity contribution in [3.8, 4) is 17.1 Å². The van der Waals surface area contributed by atoms with E-state index >= 15 is 0 Å². The third-order valence-corrected chi connectivity index (χ3v) is 13.1. The molecular weight excluding hydrogens is 715 g/mol. The van der Waals surface area contributed by atoms with E-state index in [-0.39, 0.29) is 6.71 Å². The van der Waals surface area contributed by atoms with Crippen molar-refractivity contribution in [1.82, 2.24) is 13.7 Å². The highest BCUT2D eigenvalue weighted by Gasteiger charge is 2.43.